The van der Waals surface area contributed by atoms with Gasteiger partial charge < -0.3 is 5.11 Å². The highest BCUT2D eigenvalue weighted by molar-refractivity contribution is 5.97. The van der Waals surface area contributed by atoms with Crippen LogP contribution in [0.4, 0.5) is 5.69 Å². The second-order valence-corrected chi connectivity index (χ2v) is 8.76. The predicted molar refractivity (Wildman–Crippen MR) is 128 cm³/mol. The van der Waals surface area contributed by atoms with Gasteiger partial charge in [-0.3, -0.25) is 4.58 Å². The largest absolute Gasteiger partial charge is 0.346 e. The smallest absolute Gasteiger partial charge is 0.275 e. The van der Waals surface area contributed by atoms with Gasteiger partial charge >= 0.3 is 0 Å². The summed E-state index contributed by atoms with van der Waals surface area (Å²) < 4.78 is 2.41. The Labute approximate surface area is 185 Å². The van der Waals surface area contributed by atoms with Gasteiger partial charge in [0.25, 0.3) is 11.6 Å². The number of aliphatic hydroxyl groups is 1. The fourth-order valence-electron chi connectivity index (χ4n) is 5.05. The molecule has 0 aromatic heterocycles. The summed E-state index contributed by atoms with van der Waals surface area (Å²) in [5.41, 5.74) is 4.66. The summed E-state index contributed by atoms with van der Waals surface area (Å²) in [7, 11) is 0. The van der Waals surface area contributed by atoms with Crippen molar-refractivity contribution in [2.45, 2.75) is 44.8 Å². The molecule has 31 heavy (non-hydrogen) atoms. The summed E-state index contributed by atoms with van der Waals surface area (Å²) in [5.74, 6) is 1.26. The maximum absolute atomic E-state index is 12.1. The van der Waals surface area contributed by atoms with Gasteiger partial charge in [-0.15, -0.1) is 0 Å². The predicted octanol–water partition coefficient (Wildman–Crippen LogP) is 5.57. The van der Waals surface area contributed by atoms with Crippen LogP contribution >= 0.6 is 0 Å². The van der Waals surface area contributed by atoms with E-state index >= 15 is 0 Å². The Morgan fingerprint density at radius 2 is 1.55 bits per heavy atom. The number of nitrogens with zero attached hydrogens (tertiary/aromatic N) is 2. The molecule has 3 aromatic rings. The monoisotopic (exact) mass is 411 g/mol. The van der Waals surface area contributed by atoms with Gasteiger partial charge in [0.15, 0.2) is 6.54 Å². The zero-order chi connectivity index (χ0) is 21.3. The third-order valence-electron chi connectivity index (χ3n) is 6.79. The van der Waals surface area contributed by atoms with E-state index < -0.39 is 5.72 Å². The van der Waals surface area contributed by atoms with Gasteiger partial charge in [-0.05, 0) is 54.5 Å². The van der Waals surface area contributed by atoms with Crippen LogP contribution in [0.3, 0.4) is 0 Å². The lowest BCUT2D eigenvalue weighted by atomic mass is 9.96. The van der Waals surface area contributed by atoms with Crippen molar-refractivity contribution >= 4 is 11.5 Å². The molecule has 2 aliphatic heterocycles. The maximum atomic E-state index is 12.1. The average molecular weight is 412 g/mol. The molecule has 0 saturated carbocycles. The number of benzene rings is 3. The Hall–Kier alpha value is -2.91. The minimum absolute atomic E-state index is 0.614. The first kappa shape index (κ1) is 20.0. The zero-order valence-corrected chi connectivity index (χ0v) is 18.3. The molecule has 3 heteroatoms. The number of hydrogen-bond acceptors (Lipinski definition) is 2. The first-order valence-electron chi connectivity index (χ1n) is 11.6. The number of aryl methyl sites for hydroxylation is 1. The Balaban J connectivity index is 1.55. The lowest BCUT2D eigenvalue weighted by Gasteiger charge is -2.29. The lowest BCUT2D eigenvalue weighted by Crippen LogP contribution is -2.47. The SMILES string of the molecule is CCc1ccc(N2C3=[N+](CCCCC3)CC2(O)c2ccc(-c3ccccc3)cc2)cc1. The molecule has 0 radical (unpaired) electrons. The molecular formula is C28H31N2O+. The van der Waals surface area contributed by atoms with Gasteiger partial charge in [0.1, 0.15) is 5.69 Å². The number of anilines is 1. The molecule has 2 heterocycles. The minimum atomic E-state index is -1.06. The molecule has 0 amide bonds. The summed E-state index contributed by atoms with van der Waals surface area (Å²) in [4.78, 5) is 2.20. The molecule has 3 aromatic carbocycles. The van der Waals surface area contributed by atoms with Crippen molar-refractivity contribution in [3.63, 3.8) is 0 Å². The van der Waals surface area contributed by atoms with Crippen LogP contribution in [0.5, 0.6) is 0 Å². The molecule has 0 saturated heterocycles. The van der Waals surface area contributed by atoms with Crippen LogP contribution in [-0.2, 0) is 12.1 Å². The van der Waals surface area contributed by atoms with Crippen LogP contribution < -0.4 is 4.90 Å². The summed E-state index contributed by atoms with van der Waals surface area (Å²) in [6.45, 7) is 3.81. The highest BCUT2D eigenvalue weighted by Crippen LogP contribution is 2.38. The molecule has 2 aliphatic rings. The van der Waals surface area contributed by atoms with Gasteiger partial charge in [-0.2, -0.15) is 4.90 Å². The van der Waals surface area contributed by atoms with Crippen LogP contribution in [0.1, 0.15) is 43.7 Å². The van der Waals surface area contributed by atoms with Crippen LogP contribution in [0.15, 0.2) is 78.9 Å². The van der Waals surface area contributed by atoms with Gasteiger partial charge in [-0.25, -0.2) is 0 Å². The summed E-state index contributed by atoms with van der Waals surface area (Å²) in [5, 5.41) is 12.1. The Morgan fingerprint density at radius 1 is 0.839 bits per heavy atom. The highest BCUT2D eigenvalue weighted by Gasteiger charge is 2.53. The Kier molecular flexibility index (Phi) is 5.37. The van der Waals surface area contributed by atoms with Gasteiger partial charge in [0, 0.05) is 12.0 Å². The van der Waals surface area contributed by atoms with Crippen molar-refractivity contribution in [3.05, 3.63) is 90.0 Å². The zero-order valence-electron chi connectivity index (χ0n) is 18.3. The molecule has 1 atom stereocenters. The molecule has 0 spiro atoms. The van der Waals surface area contributed by atoms with E-state index in [-0.39, 0.29) is 0 Å². The highest BCUT2D eigenvalue weighted by atomic mass is 16.3. The minimum Gasteiger partial charge on any atom is -0.346 e. The van der Waals surface area contributed by atoms with Crippen molar-refractivity contribution in [3.8, 4) is 11.1 Å². The van der Waals surface area contributed by atoms with Crippen LogP contribution in [-0.4, -0.2) is 28.6 Å². The molecule has 5 rings (SSSR count). The lowest BCUT2D eigenvalue weighted by molar-refractivity contribution is -0.534. The van der Waals surface area contributed by atoms with E-state index in [1.165, 1.54) is 41.8 Å². The summed E-state index contributed by atoms with van der Waals surface area (Å²) in [6.07, 6.45) is 5.66. The molecule has 1 N–H and O–H groups in total. The van der Waals surface area contributed by atoms with Crippen molar-refractivity contribution in [2.75, 3.05) is 18.0 Å². The van der Waals surface area contributed by atoms with Crippen molar-refractivity contribution in [1.29, 1.82) is 0 Å². The van der Waals surface area contributed by atoms with E-state index in [0.29, 0.717) is 6.54 Å². The van der Waals surface area contributed by atoms with Crippen LogP contribution in [0, 0.1) is 0 Å². The topological polar surface area (TPSA) is 26.5 Å². The molecule has 1 unspecified atom stereocenters. The Morgan fingerprint density at radius 3 is 2.26 bits per heavy atom. The van der Waals surface area contributed by atoms with E-state index in [0.717, 1.165) is 30.6 Å². The van der Waals surface area contributed by atoms with Crippen LogP contribution in [0.2, 0.25) is 0 Å². The molecular weight excluding hydrogens is 380 g/mol. The first-order valence-corrected chi connectivity index (χ1v) is 11.6. The molecule has 158 valence electrons. The number of amidine groups is 1. The van der Waals surface area contributed by atoms with Crippen molar-refractivity contribution in [1.82, 2.24) is 0 Å². The van der Waals surface area contributed by atoms with E-state index in [9.17, 15) is 5.11 Å². The normalized spacial score (nSPS) is 21.2. The molecule has 3 nitrogen and oxygen atoms in total. The molecule has 0 bridgehead atoms. The number of hydrogen-bond donors (Lipinski definition) is 1. The van der Waals surface area contributed by atoms with E-state index in [1.54, 1.807) is 0 Å². The third kappa shape index (κ3) is 3.68. The van der Waals surface area contributed by atoms with Crippen LogP contribution in [0.25, 0.3) is 11.1 Å². The van der Waals surface area contributed by atoms with E-state index in [2.05, 4.69) is 89.2 Å². The summed E-state index contributed by atoms with van der Waals surface area (Å²) in [6, 6.07) is 27.6. The maximum Gasteiger partial charge on any atom is 0.275 e. The van der Waals surface area contributed by atoms with Crippen molar-refractivity contribution < 1.29 is 9.68 Å². The van der Waals surface area contributed by atoms with E-state index in [1.807, 2.05) is 6.07 Å². The second kappa shape index (κ2) is 8.32. The van der Waals surface area contributed by atoms with Gasteiger partial charge in [0.2, 0.25) is 0 Å². The Bertz CT molecular complexity index is 1070. The van der Waals surface area contributed by atoms with Gasteiger partial charge in [0.05, 0.1) is 6.54 Å². The fraction of sp³-hybridized carbons (Fsp3) is 0.321. The first-order chi connectivity index (χ1) is 15.2. The fourth-order valence-corrected chi connectivity index (χ4v) is 5.05. The quantitative estimate of drug-likeness (QED) is 0.569. The standard InChI is InChI=1S/C28H31N2O/c1-2-22-12-18-26(19-13-22)30-27-11-7-4-8-20-29(27)21-28(30,31)25-16-14-24(15-17-25)23-9-5-3-6-10-23/h3,5-6,9-10,12-19,31H,2,4,7-8,11,20-21H2,1H3/q+1. The van der Waals surface area contributed by atoms with Gasteiger partial charge in [-0.1, -0.05) is 73.7 Å². The molecule has 0 aliphatic carbocycles. The third-order valence-corrected chi connectivity index (χ3v) is 6.79. The molecule has 0 fully saturated rings. The number of rotatable bonds is 4. The van der Waals surface area contributed by atoms with Crippen molar-refractivity contribution in [2.24, 2.45) is 0 Å². The second-order valence-electron chi connectivity index (χ2n) is 8.76. The average Bonchev–Trinajstić information content (AvgIpc) is 2.95. The van der Waals surface area contributed by atoms with E-state index in [4.69, 9.17) is 0 Å². The summed E-state index contributed by atoms with van der Waals surface area (Å²) >= 11 is 0.